The molecule has 2 unspecified atom stereocenters. The molecule has 122 valence electrons. The Bertz CT molecular complexity index is 362. The highest BCUT2D eigenvalue weighted by Gasteiger charge is 2.09. The Labute approximate surface area is 130 Å². The summed E-state index contributed by atoms with van der Waals surface area (Å²) in [4.78, 5) is 0. The number of hydrogen-bond donors (Lipinski definition) is 1. The molecule has 1 aromatic heterocycles. The van der Waals surface area contributed by atoms with Crippen LogP contribution in [0.3, 0.4) is 0 Å². The first-order valence-corrected chi connectivity index (χ1v) is 8.89. The number of unbranched alkanes of at least 4 members (excludes halogenated alkanes) is 6. The maximum absolute atomic E-state index is 10.1. The van der Waals surface area contributed by atoms with E-state index in [1.807, 2.05) is 16.9 Å². The topological polar surface area (TPSA) is 38.0 Å². The van der Waals surface area contributed by atoms with Gasteiger partial charge in [-0.2, -0.15) is 5.10 Å². The summed E-state index contributed by atoms with van der Waals surface area (Å²) in [7, 11) is 0. The lowest BCUT2D eigenvalue weighted by atomic mass is 10.0. The van der Waals surface area contributed by atoms with Crippen molar-refractivity contribution < 1.29 is 5.11 Å². The Kier molecular flexibility index (Phi) is 9.40. The molecule has 1 rings (SSSR count). The monoisotopic (exact) mass is 294 g/mol. The van der Waals surface area contributed by atoms with Gasteiger partial charge in [0.05, 0.1) is 11.8 Å². The van der Waals surface area contributed by atoms with E-state index in [9.17, 15) is 5.11 Å². The van der Waals surface area contributed by atoms with E-state index in [0.717, 1.165) is 25.0 Å². The molecule has 0 saturated carbocycles. The fraction of sp³-hybridized carbons (Fsp3) is 0.833. The zero-order valence-electron chi connectivity index (χ0n) is 14.2. The van der Waals surface area contributed by atoms with E-state index in [2.05, 4.69) is 25.9 Å². The quantitative estimate of drug-likeness (QED) is 0.557. The van der Waals surface area contributed by atoms with Gasteiger partial charge in [-0.25, -0.2) is 0 Å². The molecule has 3 heteroatoms. The van der Waals surface area contributed by atoms with Crippen LogP contribution < -0.4 is 0 Å². The zero-order valence-corrected chi connectivity index (χ0v) is 14.2. The lowest BCUT2D eigenvalue weighted by Crippen LogP contribution is -2.12. The van der Waals surface area contributed by atoms with Crippen LogP contribution in [0.2, 0.25) is 0 Å². The van der Waals surface area contributed by atoms with Gasteiger partial charge < -0.3 is 5.11 Å². The maximum Gasteiger partial charge on any atom is 0.0650 e. The van der Waals surface area contributed by atoms with Gasteiger partial charge in [-0.3, -0.25) is 4.68 Å². The van der Waals surface area contributed by atoms with Crippen LogP contribution in [0.5, 0.6) is 0 Å². The third kappa shape index (κ3) is 7.66. The number of aromatic nitrogens is 2. The Balaban J connectivity index is 2.13. The number of hydrogen-bond acceptors (Lipinski definition) is 2. The molecular formula is C18H34N2O. The summed E-state index contributed by atoms with van der Waals surface area (Å²) < 4.78 is 2.01. The van der Waals surface area contributed by atoms with Crippen LogP contribution in [-0.2, 0) is 6.42 Å². The number of rotatable bonds is 12. The molecule has 0 spiro atoms. The molecule has 0 bridgehead atoms. The first kappa shape index (κ1) is 18.2. The van der Waals surface area contributed by atoms with Gasteiger partial charge >= 0.3 is 0 Å². The summed E-state index contributed by atoms with van der Waals surface area (Å²) in [6, 6.07) is 2.49. The molecule has 0 saturated heterocycles. The lowest BCUT2D eigenvalue weighted by Gasteiger charge is -2.10. The molecule has 0 fully saturated rings. The molecule has 0 radical (unpaired) electrons. The van der Waals surface area contributed by atoms with Gasteiger partial charge in [0.15, 0.2) is 0 Å². The minimum Gasteiger partial charge on any atom is -0.393 e. The van der Waals surface area contributed by atoms with E-state index < -0.39 is 0 Å². The van der Waals surface area contributed by atoms with Crippen molar-refractivity contribution in [3.63, 3.8) is 0 Å². The predicted molar refractivity (Wildman–Crippen MR) is 89.5 cm³/mol. The first-order valence-electron chi connectivity index (χ1n) is 8.89. The standard InChI is InChI=1S/C18H34N2O/c1-4-6-7-8-9-10-11-12-18(21)15-17-13-14-20(19-17)16(3)5-2/h13-14,16,18,21H,4-12,15H2,1-3H3. The minimum atomic E-state index is -0.235. The van der Waals surface area contributed by atoms with Crippen LogP contribution in [-0.4, -0.2) is 21.0 Å². The van der Waals surface area contributed by atoms with E-state index in [0.29, 0.717) is 12.5 Å². The SMILES string of the molecule is CCCCCCCCCC(O)Cc1ccn(C(C)CC)n1. The third-order valence-electron chi connectivity index (χ3n) is 4.29. The maximum atomic E-state index is 10.1. The number of aliphatic hydroxyl groups is 1. The summed E-state index contributed by atoms with van der Waals surface area (Å²) in [6.45, 7) is 6.59. The average Bonchev–Trinajstić information content (AvgIpc) is 2.94. The molecule has 0 aromatic carbocycles. The van der Waals surface area contributed by atoms with E-state index in [4.69, 9.17) is 0 Å². The number of nitrogens with zero attached hydrogens (tertiary/aromatic N) is 2. The van der Waals surface area contributed by atoms with Crippen molar-refractivity contribution in [2.45, 2.75) is 97.1 Å². The smallest absolute Gasteiger partial charge is 0.0650 e. The highest BCUT2D eigenvalue weighted by atomic mass is 16.3. The van der Waals surface area contributed by atoms with Crippen LogP contribution in [0, 0.1) is 0 Å². The number of aliphatic hydroxyl groups excluding tert-OH is 1. The van der Waals surface area contributed by atoms with E-state index in [-0.39, 0.29) is 6.10 Å². The fourth-order valence-electron chi connectivity index (χ4n) is 2.60. The van der Waals surface area contributed by atoms with E-state index in [1.54, 1.807) is 0 Å². The molecule has 0 aliphatic carbocycles. The van der Waals surface area contributed by atoms with Gasteiger partial charge in [0.1, 0.15) is 0 Å². The molecule has 3 nitrogen and oxygen atoms in total. The van der Waals surface area contributed by atoms with Crippen LogP contribution in [0.1, 0.15) is 90.3 Å². The van der Waals surface area contributed by atoms with Crippen molar-refractivity contribution in [3.05, 3.63) is 18.0 Å². The van der Waals surface area contributed by atoms with Gasteiger partial charge in [-0.15, -0.1) is 0 Å². The van der Waals surface area contributed by atoms with Crippen molar-refractivity contribution in [3.8, 4) is 0 Å². The summed E-state index contributed by atoms with van der Waals surface area (Å²) in [5.74, 6) is 0. The lowest BCUT2D eigenvalue weighted by molar-refractivity contribution is 0.159. The molecule has 1 N–H and O–H groups in total. The molecule has 0 aliphatic heterocycles. The van der Waals surface area contributed by atoms with Crippen LogP contribution in [0.4, 0.5) is 0 Å². The second kappa shape index (κ2) is 10.8. The molecule has 1 heterocycles. The summed E-state index contributed by atoms with van der Waals surface area (Å²) in [6.07, 6.45) is 13.6. The molecular weight excluding hydrogens is 260 g/mol. The second-order valence-electron chi connectivity index (χ2n) is 6.31. The van der Waals surface area contributed by atoms with Crippen molar-refractivity contribution >= 4 is 0 Å². The van der Waals surface area contributed by atoms with Gasteiger partial charge in [0.2, 0.25) is 0 Å². The van der Waals surface area contributed by atoms with Gasteiger partial charge in [0, 0.05) is 18.7 Å². The molecule has 21 heavy (non-hydrogen) atoms. The summed E-state index contributed by atoms with van der Waals surface area (Å²) in [5, 5.41) is 14.7. The second-order valence-corrected chi connectivity index (χ2v) is 6.31. The fourth-order valence-corrected chi connectivity index (χ4v) is 2.60. The summed E-state index contributed by atoms with van der Waals surface area (Å²) in [5.41, 5.74) is 1.02. The normalized spacial score (nSPS) is 14.3. The van der Waals surface area contributed by atoms with Gasteiger partial charge in [-0.05, 0) is 25.8 Å². The zero-order chi connectivity index (χ0) is 15.5. The molecule has 2 atom stereocenters. The third-order valence-corrected chi connectivity index (χ3v) is 4.29. The molecule has 0 amide bonds. The van der Waals surface area contributed by atoms with Crippen LogP contribution in [0.25, 0.3) is 0 Å². The van der Waals surface area contributed by atoms with Crippen molar-refractivity contribution in [2.24, 2.45) is 0 Å². The molecule has 0 aliphatic rings. The Morgan fingerprint density at radius 2 is 1.76 bits per heavy atom. The van der Waals surface area contributed by atoms with E-state index in [1.165, 1.54) is 38.5 Å². The van der Waals surface area contributed by atoms with Crippen LogP contribution >= 0.6 is 0 Å². The van der Waals surface area contributed by atoms with E-state index >= 15 is 0 Å². The highest BCUT2D eigenvalue weighted by Crippen LogP contribution is 2.13. The Hall–Kier alpha value is -0.830. The van der Waals surface area contributed by atoms with Gasteiger partial charge in [0.25, 0.3) is 0 Å². The molecule has 1 aromatic rings. The summed E-state index contributed by atoms with van der Waals surface area (Å²) >= 11 is 0. The first-order chi connectivity index (χ1) is 10.2. The predicted octanol–water partition coefficient (Wildman–Crippen LogP) is 4.90. The van der Waals surface area contributed by atoms with Crippen molar-refractivity contribution in [1.29, 1.82) is 0 Å². The largest absolute Gasteiger partial charge is 0.393 e. The van der Waals surface area contributed by atoms with Gasteiger partial charge in [-0.1, -0.05) is 58.8 Å². The van der Waals surface area contributed by atoms with Crippen LogP contribution in [0.15, 0.2) is 12.3 Å². The average molecular weight is 294 g/mol. The minimum absolute atomic E-state index is 0.235. The van der Waals surface area contributed by atoms with Crippen molar-refractivity contribution in [2.75, 3.05) is 0 Å². The highest BCUT2D eigenvalue weighted by molar-refractivity contribution is 5.01. The van der Waals surface area contributed by atoms with Crippen molar-refractivity contribution in [1.82, 2.24) is 9.78 Å². The Morgan fingerprint density at radius 3 is 2.43 bits per heavy atom. The Morgan fingerprint density at radius 1 is 1.10 bits per heavy atom.